The van der Waals surface area contributed by atoms with Crippen LogP contribution < -0.4 is 0 Å². The lowest BCUT2D eigenvalue weighted by Crippen LogP contribution is -2.14. The van der Waals surface area contributed by atoms with Gasteiger partial charge in [-0.1, -0.05) is 12.1 Å². The quantitative estimate of drug-likeness (QED) is 0.446. The number of hydrogen-bond acceptors (Lipinski definition) is 4. The number of esters is 1. The molecule has 0 aliphatic heterocycles. The van der Waals surface area contributed by atoms with E-state index >= 15 is 0 Å². The van der Waals surface area contributed by atoms with Crippen molar-refractivity contribution in [1.29, 1.82) is 5.26 Å². The minimum atomic E-state index is -0.365. The molecule has 0 heterocycles. The van der Waals surface area contributed by atoms with Crippen molar-refractivity contribution in [2.24, 2.45) is 4.99 Å². The molecule has 2 aromatic rings. The van der Waals surface area contributed by atoms with Crippen LogP contribution >= 0.6 is 0 Å². The minimum Gasteiger partial charge on any atom is -0.457 e. The number of ether oxygens (including phenoxy) is 1. The molecule has 0 spiro atoms. The van der Waals surface area contributed by atoms with Gasteiger partial charge in [0.05, 0.1) is 29.2 Å². The molecule has 0 aliphatic rings. The molecule has 2 rings (SSSR count). The first-order valence-corrected chi connectivity index (χ1v) is 8.46. The summed E-state index contributed by atoms with van der Waals surface area (Å²) in [5.74, 6) is -0.365. The van der Waals surface area contributed by atoms with E-state index in [2.05, 4.69) is 18.0 Å². The van der Waals surface area contributed by atoms with Crippen molar-refractivity contribution in [3.63, 3.8) is 0 Å². The summed E-state index contributed by atoms with van der Waals surface area (Å²) in [5, 5.41) is 8.81. The van der Waals surface area contributed by atoms with E-state index in [-0.39, 0.29) is 12.6 Å². The molecular weight excluding hydrogens is 326 g/mol. The molecule has 0 amide bonds. The molecule has 0 radical (unpaired) electrons. The summed E-state index contributed by atoms with van der Waals surface area (Å²) < 4.78 is 5.41. The highest BCUT2D eigenvalue weighted by Gasteiger charge is 2.13. The van der Waals surface area contributed by atoms with E-state index in [0.717, 1.165) is 28.9 Å². The maximum absolute atomic E-state index is 12.4. The van der Waals surface area contributed by atoms with E-state index in [1.165, 1.54) is 0 Å². The number of hydrogen-bond donors (Lipinski definition) is 0. The Kier molecular flexibility index (Phi) is 6.51. The van der Waals surface area contributed by atoms with Crippen molar-refractivity contribution in [3.05, 3.63) is 64.2 Å². The Balaban J connectivity index is 2.09. The number of nitriles is 1. The summed E-state index contributed by atoms with van der Waals surface area (Å²) >= 11 is 0. The molecule has 0 saturated heterocycles. The van der Waals surface area contributed by atoms with Crippen molar-refractivity contribution in [3.8, 4) is 6.07 Å². The van der Waals surface area contributed by atoms with E-state index < -0.39 is 0 Å². The highest BCUT2D eigenvalue weighted by atomic mass is 16.5. The highest BCUT2D eigenvalue weighted by molar-refractivity contribution is 5.92. The maximum atomic E-state index is 12.4. The molecule has 5 heteroatoms. The fraction of sp³-hybridized carbons (Fsp3) is 0.286. The fourth-order valence-electron chi connectivity index (χ4n) is 2.30. The zero-order valence-electron chi connectivity index (χ0n) is 15.6. The van der Waals surface area contributed by atoms with Crippen LogP contribution in [0.4, 0.5) is 5.69 Å². The zero-order chi connectivity index (χ0) is 19.1. The molecule has 0 saturated carbocycles. The van der Waals surface area contributed by atoms with Crippen LogP contribution in [0.1, 0.15) is 39.5 Å². The molecular formula is C21H23N3O2. The summed E-state index contributed by atoms with van der Waals surface area (Å²) in [5.41, 5.74) is 4.55. The van der Waals surface area contributed by atoms with Crippen LogP contribution in [-0.4, -0.2) is 30.8 Å². The van der Waals surface area contributed by atoms with E-state index in [1.807, 2.05) is 37.9 Å². The Hall–Kier alpha value is -3.13. The molecule has 0 fully saturated rings. The van der Waals surface area contributed by atoms with Gasteiger partial charge in [-0.15, -0.1) is 0 Å². The fourth-order valence-corrected chi connectivity index (χ4v) is 2.30. The Labute approximate surface area is 154 Å². The van der Waals surface area contributed by atoms with Crippen LogP contribution in [0.3, 0.4) is 0 Å². The summed E-state index contributed by atoms with van der Waals surface area (Å²) in [6.07, 6.45) is 1.78. The molecule has 0 atom stereocenters. The molecule has 2 aromatic carbocycles. The predicted molar refractivity (Wildman–Crippen MR) is 103 cm³/mol. The molecule has 0 N–H and O–H groups in total. The number of aryl methyl sites for hydroxylation is 2. The SMILES string of the molecule is CCN(C)C=Nc1cc(C)c(C(=O)OCc2ccc(C#N)cc2)cc1C. The van der Waals surface area contributed by atoms with Gasteiger partial charge in [0.25, 0.3) is 0 Å². The van der Waals surface area contributed by atoms with Gasteiger partial charge in [0.2, 0.25) is 0 Å². The molecule has 0 aliphatic carbocycles. The molecule has 26 heavy (non-hydrogen) atoms. The van der Waals surface area contributed by atoms with Gasteiger partial charge in [-0.3, -0.25) is 0 Å². The lowest BCUT2D eigenvalue weighted by atomic mass is 10.0. The van der Waals surface area contributed by atoms with Crippen LogP contribution in [0, 0.1) is 25.2 Å². The van der Waals surface area contributed by atoms with Crippen molar-refractivity contribution in [2.75, 3.05) is 13.6 Å². The van der Waals surface area contributed by atoms with E-state index in [1.54, 1.807) is 30.6 Å². The minimum absolute atomic E-state index is 0.171. The van der Waals surface area contributed by atoms with Gasteiger partial charge in [-0.2, -0.15) is 5.26 Å². The Bertz CT molecular complexity index is 849. The second kappa shape index (κ2) is 8.82. The number of carbonyl (C=O) groups is 1. The van der Waals surface area contributed by atoms with Gasteiger partial charge in [0.15, 0.2) is 0 Å². The van der Waals surface area contributed by atoms with Crippen molar-refractivity contribution in [2.45, 2.75) is 27.4 Å². The van der Waals surface area contributed by atoms with E-state index in [0.29, 0.717) is 11.1 Å². The number of benzene rings is 2. The summed E-state index contributed by atoms with van der Waals surface area (Å²) in [4.78, 5) is 18.9. The second-order valence-electron chi connectivity index (χ2n) is 6.16. The van der Waals surface area contributed by atoms with Gasteiger partial charge >= 0.3 is 5.97 Å². The van der Waals surface area contributed by atoms with Crippen molar-refractivity contribution >= 4 is 18.0 Å². The first-order chi connectivity index (χ1) is 12.4. The monoisotopic (exact) mass is 349 g/mol. The lowest BCUT2D eigenvalue weighted by molar-refractivity contribution is 0.0472. The average molecular weight is 349 g/mol. The molecule has 5 nitrogen and oxygen atoms in total. The third-order valence-corrected chi connectivity index (χ3v) is 4.11. The van der Waals surface area contributed by atoms with Gasteiger partial charge in [0, 0.05) is 13.6 Å². The molecule has 0 aromatic heterocycles. The average Bonchev–Trinajstić information content (AvgIpc) is 2.66. The summed E-state index contributed by atoms with van der Waals surface area (Å²) in [6.45, 7) is 6.90. The normalized spacial score (nSPS) is 10.6. The second-order valence-corrected chi connectivity index (χ2v) is 6.16. The Morgan fingerprint density at radius 1 is 1.23 bits per heavy atom. The van der Waals surface area contributed by atoms with Crippen molar-refractivity contribution in [1.82, 2.24) is 4.90 Å². The first-order valence-electron chi connectivity index (χ1n) is 8.46. The van der Waals surface area contributed by atoms with Gasteiger partial charge < -0.3 is 9.64 Å². The van der Waals surface area contributed by atoms with E-state index in [9.17, 15) is 4.79 Å². The molecule has 0 unspecified atom stereocenters. The molecule has 0 bridgehead atoms. The smallest absolute Gasteiger partial charge is 0.338 e. The highest BCUT2D eigenvalue weighted by Crippen LogP contribution is 2.24. The number of nitrogens with zero attached hydrogens (tertiary/aromatic N) is 3. The topological polar surface area (TPSA) is 65.7 Å². The summed E-state index contributed by atoms with van der Waals surface area (Å²) in [6, 6.07) is 12.8. The standard InChI is InChI=1S/C21H23N3O2/c1-5-24(4)14-23-20-11-15(2)19(10-16(20)3)21(25)26-13-18-8-6-17(12-22)7-9-18/h6-11,14H,5,13H2,1-4H3. The Morgan fingerprint density at radius 3 is 2.54 bits per heavy atom. The van der Waals surface area contributed by atoms with E-state index in [4.69, 9.17) is 10.00 Å². The lowest BCUT2D eigenvalue weighted by Gasteiger charge is -2.12. The zero-order valence-corrected chi connectivity index (χ0v) is 15.6. The van der Waals surface area contributed by atoms with Crippen LogP contribution in [0.5, 0.6) is 0 Å². The van der Waals surface area contributed by atoms with Gasteiger partial charge in [0.1, 0.15) is 6.61 Å². The predicted octanol–water partition coefficient (Wildman–Crippen LogP) is 4.14. The van der Waals surface area contributed by atoms with Gasteiger partial charge in [-0.05, 0) is 61.7 Å². The maximum Gasteiger partial charge on any atom is 0.338 e. The molecule has 134 valence electrons. The Morgan fingerprint density at radius 2 is 1.92 bits per heavy atom. The van der Waals surface area contributed by atoms with Crippen LogP contribution in [0.25, 0.3) is 0 Å². The third kappa shape index (κ3) is 4.93. The first kappa shape index (κ1) is 19.2. The number of aliphatic imine (C=N–C) groups is 1. The number of carbonyl (C=O) groups excluding carboxylic acids is 1. The third-order valence-electron chi connectivity index (χ3n) is 4.11. The van der Waals surface area contributed by atoms with Crippen LogP contribution in [0.15, 0.2) is 41.4 Å². The number of rotatable bonds is 6. The largest absolute Gasteiger partial charge is 0.457 e. The summed E-state index contributed by atoms with van der Waals surface area (Å²) in [7, 11) is 1.96. The van der Waals surface area contributed by atoms with Crippen molar-refractivity contribution < 1.29 is 9.53 Å². The van der Waals surface area contributed by atoms with Gasteiger partial charge in [-0.25, -0.2) is 9.79 Å². The van der Waals surface area contributed by atoms with Crippen LogP contribution in [0.2, 0.25) is 0 Å². The van der Waals surface area contributed by atoms with Crippen LogP contribution in [-0.2, 0) is 11.3 Å².